The summed E-state index contributed by atoms with van der Waals surface area (Å²) >= 11 is 0. The topological polar surface area (TPSA) is 169 Å². The van der Waals surface area contributed by atoms with Gasteiger partial charge in [-0.2, -0.15) is 0 Å². The first-order chi connectivity index (χ1) is 8.43. The SMILES string of the molecule is N=C(NC=O)N(C(N)=O)[C@@H]1O[C@H](CO)[C@@H](O)[C@H]1O. The van der Waals surface area contributed by atoms with Crippen LogP contribution < -0.4 is 11.1 Å². The Morgan fingerprint density at radius 3 is 2.50 bits per heavy atom. The maximum absolute atomic E-state index is 11.2. The van der Waals surface area contributed by atoms with Gasteiger partial charge in [0, 0.05) is 0 Å². The molecule has 0 bridgehead atoms. The summed E-state index contributed by atoms with van der Waals surface area (Å²) in [5.41, 5.74) is 5.00. The van der Waals surface area contributed by atoms with Crippen molar-refractivity contribution in [2.45, 2.75) is 24.5 Å². The Labute approximate surface area is 101 Å². The number of guanidine groups is 1. The zero-order valence-electron chi connectivity index (χ0n) is 9.18. The number of nitrogens with one attached hydrogen (secondary N) is 2. The molecule has 1 rings (SSSR count). The largest absolute Gasteiger partial charge is 0.394 e. The Bertz CT molecular complexity index is 350. The molecule has 4 atom stereocenters. The van der Waals surface area contributed by atoms with Crippen molar-refractivity contribution in [2.75, 3.05) is 6.61 Å². The summed E-state index contributed by atoms with van der Waals surface area (Å²) in [5.74, 6) is -0.715. The van der Waals surface area contributed by atoms with Gasteiger partial charge in [0.15, 0.2) is 6.23 Å². The van der Waals surface area contributed by atoms with Crippen LogP contribution in [0.4, 0.5) is 4.79 Å². The van der Waals surface area contributed by atoms with Gasteiger partial charge in [-0.15, -0.1) is 0 Å². The summed E-state index contributed by atoms with van der Waals surface area (Å²) in [6, 6.07) is -1.16. The Balaban J connectivity index is 2.91. The molecule has 1 fully saturated rings. The number of carbonyl (C=O) groups is 2. The van der Waals surface area contributed by atoms with Crippen LogP contribution >= 0.6 is 0 Å². The summed E-state index contributed by atoms with van der Waals surface area (Å²) in [7, 11) is 0. The summed E-state index contributed by atoms with van der Waals surface area (Å²) in [6.07, 6.45) is -5.45. The number of nitrogens with zero attached hydrogens (tertiary/aromatic N) is 1. The van der Waals surface area contributed by atoms with E-state index in [-0.39, 0.29) is 6.41 Å². The standard InChI is InChI=1S/C8H14N4O6/c9-7(11-2-14)12(8(10)17)6-5(16)4(15)3(1-13)18-6/h2-6,13,15-16H,1H2,(H2,10,17)(H2,9,11,14)/t3-,4-,5-,6-/m1/s1. The minimum atomic E-state index is -1.57. The Kier molecular flexibility index (Phi) is 4.55. The molecule has 0 spiro atoms. The number of primary amides is 1. The smallest absolute Gasteiger partial charge is 0.323 e. The van der Waals surface area contributed by atoms with Crippen LogP contribution in [0.25, 0.3) is 0 Å². The fourth-order valence-electron chi connectivity index (χ4n) is 1.58. The molecule has 10 heteroatoms. The maximum Gasteiger partial charge on any atom is 0.323 e. The predicted octanol–water partition coefficient (Wildman–Crippen LogP) is -3.51. The second-order valence-corrected chi connectivity index (χ2v) is 3.55. The van der Waals surface area contributed by atoms with Gasteiger partial charge in [0.25, 0.3) is 0 Å². The lowest BCUT2D eigenvalue weighted by molar-refractivity contribution is -0.108. The molecular weight excluding hydrogens is 248 g/mol. The number of amides is 3. The summed E-state index contributed by atoms with van der Waals surface area (Å²) in [6.45, 7) is -0.588. The highest BCUT2D eigenvalue weighted by atomic mass is 16.6. The van der Waals surface area contributed by atoms with Gasteiger partial charge in [0.2, 0.25) is 12.4 Å². The third-order valence-corrected chi connectivity index (χ3v) is 2.45. The number of aliphatic hydroxyl groups excluding tert-OH is 3. The van der Waals surface area contributed by atoms with E-state index in [0.29, 0.717) is 4.90 Å². The van der Waals surface area contributed by atoms with E-state index in [1.54, 1.807) is 0 Å². The third-order valence-electron chi connectivity index (χ3n) is 2.45. The monoisotopic (exact) mass is 262 g/mol. The first kappa shape index (κ1) is 14.3. The van der Waals surface area contributed by atoms with Crippen LogP contribution in [0.5, 0.6) is 0 Å². The van der Waals surface area contributed by atoms with E-state index in [1.807, 2.05) is 5.32 Å². The van der Waals surface area contributed by atoms with Crippen LogP contribution in [0.1, 0.15) is 0 Å². The van der Waals surface area contributed by atoms with Crippen molar-refractivity contribution in [1.29, 1.82) is 5.41 Å². The number of hydrogen-bond acceptors (Lipinski definition) is 7. The van der Waals surface area contributed by atoms with Crippen molar-refractivity contribution >= 4 is 18.4 Å². The Morgan fingerprint density at radius 2 is 2.11 bits per heavy atom. The van der Waals surface area contributed by atoms with Crippen LogP contribution in [0.2, 0.25) is 0 Å². The third kappa shape index (κ3) is 2.56. The van der Waals surface area contributed by atoms with E-state index in [4.69, 9.17) is 21.0 Å². The van der Waals surface area contributed by atoms with E-state index in [2.05, 4.69) is 0 Å². The number of carbonyl (C=O) groups excluding carboxylic acids is 2. The molecule has 0 radical (unpaired) electrons. The molecule has 0 aromatic carbocycles. The average Bonchev–Trinajstić information content (AvgIpc) is 2.57. The van der Waals surface area contributed by atoms with E-state index in [9.17, 15) is 19.8 Å². The van der Waals surface area contributed by atoms with E-state index in [0.717, 1.165) is 0 Å². The molecule has 0 aromatic heterocycles. The zero-order valence-corrected chi connectivity index (χ0v) is 9.18. The molecule has 1 aliphatic rings. The molecule has 1 heterocycles. The molecule has 0 aliphatic carbocycles. The number of rotatable bonds is 3. The van der Waals surface area contributed by atoms with Gasteiger partial charge in [-0.1, -0.05) is 0 Å². The number of hydrogen-bond donors (Lipinski definition) is 6. The number of aliphatic hydroxyl groups is 3. The van der Waals surface area contributed by atoms with Crippen molar-refractivity contribution in [3.05, 3.63) is 0 Å². The minimum absolute atomic E-state index is 0.138. The number of urea groups is 1. The second-order valence-electron chi connectivity index (χ2n) is 3.55. The minimum Gasteiger partial charge on any atom is -0.394 e. The fourth-order valence-corrected chi connectivity index (χ4v) is 1.58. The highest BCUT2D eigenvalue weighted by Gasteiger charge is 2.47. The lowest BCUT2D eigenvalue weighted by atomic mass is 10.1. The molecule has 0 unspecified atom stereocenters. The molecule has 0 aromatic rings. The van der Waals surface area contributed by atoms with Gasteiger partial charge in [0.05, 0.1) is 6.61 Å². The molecule has 1 saturated heterocycles. The lowest BCUT2D eigenvalue weighted by Gasteiger charge is -2.28. The number of nitrogens with two attached hydrogens (primary N) is 1. The van der Waals surface area contributed by atoms with E-state index >= 15 is 0 Å². The van der Waals surface area contributed by atoms with E-state index < -0.39 is 43.1 Å². The van der Waals surface area contributed by atoms with Crippen molar-refractivity contribution < 1.29 is 29.6 Å². The van der Waals surface area contributed by atoms with Gasteiger partial charge < -0.3 is 25.8 Å². The van der Waals surface area contributed by atoms with Gasteiger partial charge in [-0.05, 0) is 0 Å². The summed E-state index contributed by atoms with van der Waals surface area (Å²) < 4.78 is 5.00. The maximum atomic E-state index is 11.2. The molecule has 3 amide bonds. The molecule has 0 saturated carbocycles. The first-order valence-electron chi connectivity index (χ1n) is 4.93. The highest BCUT2D eigenvalue weighted by Crippen LogP contribution is 2.23. The number of ether oxygens (including phenoxy) is 1. The molecule has 1 aliphatic heterocycles. The predicted molar refractivity (Wildman–Crippen MR) is 56.1 cm³/mol. The van der Waals surface area contributed by atoms with Gasteiger partial charge >= 0.3 is 6.03 Å². The van der Waals surface area contributed by atoms with Crippen molar-refractivity contribution in [3.63, 3.8) is 0 Å². The molecular formula is C8H14N4O6. The summed E-state index contributed by atoms with van der Waals surface area (Å²) in [5, 5.41) is 37.3. The second kappa shape index (κ2) is 5.73. The highest BCUT2D eigenvalue weighted by molar-refractivity contribution is 5.98. The lowest BCUT2D eigenvalue weighted by Crippen LogP contribution is -2.55. The van der Waals surface area contributed by atoms with Crippen LogP contribution in [0.3, 0.4) is 0 Å². The van der Waals surface area contributed by atoms with E-state index in [1.165, 1.54) is 0 Å². The molecule has 10 nitrogen and oxygen atoms in total. The molecule has 18 heavy (non-hydrogen) atoms. The van der Waals surface area contributed by atoms with Crippen molar-refractivity contribution in [3.8, 4) is 0 Å². The normalized spacial score (nSPS) is 30.8. The average molecular weight is 262 g/mol. The fraction of sp³-hybridized carbons (Fsp3) is 0.625. The molecule has 7 N–H and O–H groups in total. The van der Waals surface area contributed by atoms with Crippen molar-refractivity contribution in [2.24, 2.45) is 5.73 Å². The van der Waals surface area contributed by atoms with Crippen LogP contribution in [-0.4, -0.2) is 69.8 Å². The zero-order chi connectivity index (χ0) is 13.9. The quantitative estimate of drug-likeness (QED) is 0.175. The first-order valence-corrected chi connectivity index (χ1v) is 4.93. The van der Waals surface area contributed by atoms with Gasteiger partial charge in [-0.3, -0.25) is 15.5 Å². The van der Waals surface area contributed by atoms with Crippen LogP contribution in [0.15, 0.2) is 0 Å². The van der Waals surface area contributed by atoms with Gasteiger partial charge in [-0.25, -0.2) is 9.69 Å². The van der Waals surface area contributed by atoms with Gasteiger partial charge in [0.1, 0.15) is 18.3 Å². The Morgan fingerprint density at radius 1 is 1.50 bits per heavy atom. The Hall–Kier alpha value is -1.75. The molecule has 102 valence electrons. The van der Waals surface area contributed by atoms with Crippen LogP contribution in [-0.2, 0) is 9.53 Å². The van der Waals surface area contributed by atoms with Crippen molar-refractivity contribution in [1.82, 2.24) is 10.2 Å². The van der Waals surface area contributed by atoms with Crippen LogP contribution in [0, 0.1) is 5.41 Å². The summed E-state index contributed by atoms with van der Waals surface area (Å²) in [4.78, 5) is 21.8.